The van der Waals surface area contributed by atoms with Gasteiger partial charge >= 0.3 is 5.97 Å². The quantitative estimate of drug-likeness (QED) is 0.113. The Morgan fingerprint density at radius 1 is 0.729 bits per heavy atom. The zero-order chi connectivity index (χ0) is 43.4. The van der Waals surface area contributed by atoms with Gasteiger partial charge in [0.1, 0.15) is 48.8 Å². The van der Waals surface area contributed by atoms with Gasteiger partial charge in [0.25, 0.3) is 0 Å². The lowest BCUT2D eigenvalue weighted by molar-refractivity contribution is -0.310. The van der Waals surface area contributed by atoms with Crippen LogP contribution in [0.1, 0.15) is 106 Å². The van der Waals surface area contributed by atoms with Crippen molar-refractivity contribution in [2.75, 3.05) is 19.8 Å². The molecule has 16 heteroatoms. The van der Waals surface area contributed by atoms with Crippen LogP contribution in [0.4, 0.5) is 0 Å². The molecule has 2 saturated heterocycles. The van der Waals surface area contributed by atoms with Crippen molar-refractivity contribution < 1.29 is 79.9 Å². The highest BCUT2D eigenvalue weighted by atomic mass is 16.7. The molecule has 0 aromatic heterocycles. The molecule has 5 aliphatic carbocycles. The Morgan fingerprint density at radius 2 is 1.31 bits per heavy atom. The van der Waals surface area contributed by atoms with Crippen LogP contribution in [0.5, 0.6) is 0 Å². The van der Waals surface area contributed by atoms with E-state index < -0.39 is 115 Å². The smallest absolute Gasteiger partial charge is 0.317 e. The number of rotatable bonds is 12. The maximum atomic E-state index is 14.2. The lowest BCUT2D eigenvalue weighted by atomic mass is 9.41. The van der Waals surface area contributed by atoms with Crippen LogP contribution in [0.3, 0.4) is 0 Å². The molecular weight excluding hydrogens is 772 g/mol. The van der Waals surface area contributed by atoms with Gasteiger partial charge in [-0.3, -0.25) is 4.79 Å². The molecule has 0 aromatic rings. The first-order valence-corrected chi connectivity index (χ1v) is 22.1. The van der Waals surface area contributed by atoms with Crippen LogP contribution in [-0.2, 0) is 23.7 Å². The minimum atomic E-state index is -1.78. The van der Waals surface area contributed by atoms with Crippen LogP contribution in [0.2, 0.25) is 0 Å². The average Bonchev–Trinajstić information content (AvgIpc) is 3.82. The maximum Gasteiger partial charge on any atom is 0.317 e. The molecule has 1 unspecified atom stereocenters. The second-order valence-corrected chi connectivity index (χ2v) is 21.0. The van der Waals surface area contributed by atoms with E-state index in [4.69, 9.17) is 18.9 Å². The Kier molecular flexibility index (Phi) is 12.3. The van der Waals surface area contributed by atoms with E-state index in [9.17, 15) is 61.0 Å². The Bertz CT molecular complexity index is 1530. The molecule has 7 fully saturated rings. The normalized spacial score (nSPS) is 53.4. The molecule has 7 rings (SSSR count). The third-order valence-electron chi connectivity index (χ3n) is 18.5. The first kappa shape index (κ1) is 45.9. The predicted molar refractivity (Wildman–Crippen MR) is 206 cm³/mol. The molecule has 59 heavy (non-hydrogen) atoms. The second-order valence-electron chi connectivity index (χ2n) is 21.0. The Labute approximate surface area is 346 Å². The van der Waals surface area contributed by atoms with Crippen LogP contribution in [0, 0.1) is 56.7 Å². The molecule has 0 bridgehead atoms. The topological polar surface area (TPSA) is 277 Å². The number of carbonyl (C=O) groups excluding carboxylic acids is 1. The summed E-state index contributed by atoms with van der Waals surface area (Å²) in [6.45, 7) is 11.1. The van der Waals surface area contributed by atoms with Gasteiger partial charge in [0.2, 0.25) is 6.29 Å². The van der Waals surface area contributed by atoms with Crippen molar-refractivity contribution in [3.05, 3.63) is 0 Å². The molecule has 0 amide bonds. The van der Waals surface area contributed by atoms with Crippen LogP contribution >= 0.6 is 0 Å². The van der Waals surface area contributed by atoms with E-state index in [-0.39, 0.29) is 47.0 Å². The lowest BCUT2D eigenvalue weighted by Gasteiger charge is -2.63. The lowest BCUT2D eigenvalue weighted by Crippen LogP contribution is -2.65. The summed E-state index contributed by atoms with van der Waals surface area (Å²) in [4.78, 5) is 14.2. The molecule has 7 aliphatic rings. The molecule has 2 spiro atoms. The molecule has 11 N–H and O–H groups in total. The first-order chi connectivity index (χ1) is 27.5. The summed E-state index contributed by atoms with van der Waals surface area (Å²) in [5, 5.41) is 117. The fourth-order valence-corrected chi connectivity index (χ4v) is 14.3. The number of ether oxygens (including phenoxy) is 4. The molecule has 5 saturated carbocycles. The fourth-order valence-electron chi connectivity index (χ4n) is 14.3. The van der Waals surface area contributed by atoms with Crippen molar-refractivity contribution in [1.29, 1.82) is 0 Å². The number of aliphatic hydroxyl groups excluding tert-OH is 10. The number of hydrogen-bond donors (Lipinski definition) is 11. The molecule has 340 valence electrons. The molecule has 2 heterocycles. The van der Waals surface area contributed by atoms with Gasteiger partial charge in [0, 0.05) is 11.8 Å². The van der Waals surface area contributed by atoms with E-state index in [1.165, 1.54) is 0 Å². The highest BCUT2D eigenvalue weighted by molar-refractivity contribution is 5.78. The van der Waals surface area contributed by atoms with Crippen molar-refractivity contribution in [2.24, 2.45) is 56.7 Å². The zero-order valence-corrected chi connectivity index (χ0v) is 35.5. The number of fused-ring (bicyclic) bond motifs is 2. The highest BCUT2D eigenvalue weighted by Gasteiger charge is 2.86. The minimum Gasteiger partial charge on any atom is -0.432 e. The van der Waals surface area contributed by atoms with Gasteiger partial charge < -0.3 is 75.1 Å². The Hall–Kier alpha value is -1.09. The van der Waals surface area contributed by atoms with Gasteiger partial charge in [-0.25, -0.2) is 0 Å². The standard InChI is InChI=1S/C43H72O16/c1-20(2)42(55,19-56-35-33(52)31(50)29(48)23(16-44)57-35)12-9-21(3)22-10-11-39(5)25-7-8-26-40(6,37(54)59-36-34(53)32(51)30(49)24(17-45)58-36)27(46)15-28(47)43(26)18-41(25,43)14-13-38(22,39)4/h20-36,44-53,55H,7-19H2,1-6H3/t21-,22-,23-,24-,25+,26?,27+,28+,29-,30-,31+,32+,33-,34-,35-,36+,38-,39+,40+,41+,42-,43-/m1/s1. The van der Waals surface area contributed by atoms with Gasteiger partial charge in [-0.2, -0.15) is 0 Å². The minimum absolute atomic E-state index is 0.0161. The van der Waals surface area contributed by atoms with Crippen LogP contribution in [0.25, 0.3) is 0 Å². The van der Waals surface area contributed by atoms with Gasteiger partial charge in [-0.1, -0.05) is 34.6 Å². The van der Waals surface area contributed by atoms with Crippen LogP contribution < -0.4 is 0 Å². The summed E-state index contributed by atoms with van der Waals surface area (Å²) in [7, 11) is 0. The van der Waals surface area contributed by atoms with E-state index in [1.54, 1.807) is 6.92 Å². The van der Waals surface area contributed by atoms with Crippen molar-refractivity contribution in [2.45, 2.75) is 185 Å². The third-order valence-corrected chi connectivity index (χ3v) is 18.5. The summed E-state index contributed by atoms with van der Waals surface area (Å²) in [5.74, 6) is -0.624. The van der Waals surface area contributed by atoms with E-state index in [1.807, 2.05) is 13.8 Å². The van der Waals surface area contributed by atoms with Crippen LogP contribution in [-0.4, -0.2) is 161 Å². The molecule has 2 aliphatic heterocycles. The molecule has 22 atom stereocenters. The average molecular weight is 845 g/mol. The van der Waals surface area contributed by atoms with Crippen molar-refractivity contribution in [3.8, 4) is 0 Å². The second kappa shape index (κ2) is 15.9. The number of esters is 1. The fraction of sp³-hybridized carbons (Fsp3) is 0.977. The van der Waals surface area contributed by atoms with E-state index >= 15 is 0 Å². The van der Waals surface area contributed by atoms with Crippen molar-refractivity contribution >= 4 is 5.97 Å². The van der Waals surface area contributed by atoms with Gasteiger partial charge in [0.05, 0.1) is 43.0 Å². The summed E-state index contributed by atoms with van der Waals surface area (Å²) in [5.41, 5.74) is -3.74. The number of carbonyl (C=O) groups is 1. The summed E-state index contributed by atoms with van der Waals surface area (Å²) < 4.78 is 22.6. The van der Waals surface area contributed by atoms with Crippen molar-refractivity contribution in [3.63, 3.8) is 0 Å². The van der Waals surface area contributed by atoms with Crippen molar-refractivity contribution in [1.82, 2.24) is 0 Å². The highest BCUT2D eigenvalue weighted by Crippen LogP contribution is 2.89. The monoisotopic (exact) mass is 844 g/mol. The molecule has 16 nitrogen and oxygen atoms in total. The largest absolute Gasteiger partial charge is 0.432 e. The predicted octanol–water partition coefficient (Wildman–Crippen LogP) is -0.300. The Morgan fingerprint density at radius 3 is 1.90 bits per heavy atom. The molecule has 0 aromatic carbocycles. The summed E-state index contributed by atoms with van der Waals surface area (Å²) in [6, 6.07) is 0. The van der Waals surface area contributed by atoms with E-state index in [0.29, 0.717) is 25.2 Å². The SMILES string of the molecule is CC(C)[C@@](O)(CC[C@@H](C)[C@H]1CC[C@@]2(C)[C@@H]3CCC4[C@](C)(C(=O)O[C@@H]5O[C@H](CO)[C@@H](O)[C@H](O)[C@H]5O)[C@@H](O)C[C@H](O)[C@@]45C[C@@]35CC[C@]12C)CO[C@@H]1O[C@H](CO)[C@@H](O)[C@H](O)[C@H]1O. The summed E-state index contributed by atoms with van der Waals surface area (Å²) >= 11 is 0. The first-order valence-electron chi connectivity index (χ1n) is 22.1. The van der Waals surface area contributed by atoms with Gasteiger partial charge in [0.15, 0.2) is 6.29 Å². The van der Waals surface area contributed by atoms with E-state index in [2.05, 4.69) is 20.8 Å². The third kappa shape index (κ3) is 6.63. The maximum absolute atomic E-state index is 14.2. The molecular formula is C43H72O16. The zero-order valence-electron chi connectivity index (χ0n) is 35.5. The summed E-state index contributed by atoms with van der Waals surface area (Å²) in [6.07, 6.45) is -10.3. The van der Waals surface area contributed by atoms with Gasteiger partial charge in [-0.15, -0.1) is 0 Å². The van der Waals surface area contributed by atoms with Gasteiger partial charge in [-0.05, 0) is 111 Å². The Balaban J connectivity index is 1.05. The number of aliphatic hydroxyl groups is 11. The number of hydrogen-bond acceptors (Lipinski definition) is 16. The van der Waals surface area contributed by atoms with E-state index in [0.717, 1.165) is 38.5 Å². The van der Waals surface area contributed by atoms with Crippen LogP contribution in [0.15, 0.2) is 0 Å². The molecule has 0 radical (unpaired) electrons.